The zero-order valence-electron chi connectivity index (χ0n) is 16.1. The van der Waals surface area contributed by atoms with E-state index in [1.54, 1.807) is 16.8 Å². The predicted octanol–water partition coefficient (Wildman–Crippen LogP) is 3.12. The second-order valence-corrected chi connectivity index (χ2v) is 7.68. The number of amides is 1. The lowest BCUT2D eigenvalue weighted by molar-refractivity contribution is 0.0942. The Bertz CT molecular complexity index is 1060. The summed E-state index contributed by atoms with van der Waals surface area (Å²) in [6, 6.07) is 14.7. The Morgan fingerprint density at radius 1 is 1.14 bits per heavy atom. The summed E-state index contributed by atoms with van der Waals surface area (Å²) in [5.74, 6) is -0.426. The Morgan fingerprint density at radius 3 is 2.83 bits per heavy atom. The van der Waals surface area contributed by atoms with Crippen LogP contribution in [0.3, 0.4) is 0 Å². The van der Waals surface area contributed by atoms with Gasteiger partial charge in [-0.25, -0.2) is 9.07 Å². The lowest BCUT2D eigenvalue weighted by Gasteiger charge is -2.27. The van der Waals surface area contributed by atoms with Gasteiger partial charge in [0, 0.05) is 23.8 Å². The number of rotatable bonds is 4. The normalized spacial score (nSPS) is 17.6. The number of nitrogens with zero attached hydrogens (tertiary/aromatic N) is 2. The van der Waals surface area contributed by atoms with E-state index in [2.05, 4.69) is 33.9 Å². The molecule has 2 N–H and O–H groups in total. The lowest BCUT2D eigenvalue weighted by Crippen LogP contribution is -2.39. The first-order valence-corrected chi connectivity index (χ1v) is 10.2. The number of hydrogen-bond acceptors (Lipinski definition) is 3. The first kappa shape index (κ1) is 18.1. The molecule has 1 aliphatic carbocycles. The van der Waals surface area contributed by atoms with Crippen molar-refractivity contribution in [2.24, 2.45) is 0 Å². The molecule has 0 fully saturated rings. The molecule has 2 aromatic carbocycles. The summed E-state index contributed by atoms with van der Waals surface area (Å²) in [5, 5.41) is 11.2. The third kappa shape index (κ3) is 3.34. The fourth-order valence-electron chi connectivity index (χ4n) is 4.47. The quantitative estimate of drug-likeness (QED) is 0.720. The molecule has 0 spiro atoms. The van der Waals surface area contributed by atoms with Gasteiger partial charge < -0.3 is 10.6 Å². The third-order valence-electron chi connectivity index (χ3n) is 5.90. The van der Waals surface area contributed by atoms with Gasteiger partial charge in [0.15, 0.2) is 5.69 Å². The molecule has 5 rings (SSSR count). The lowest BCUT2D eigenvalue weighted by atomic mass is 9.94. The third-order valence-corrected chi connectivity index (χ3v) is 5.90. The van der Waals surface area contributed by atoms with Crippen molar-refractivity contribution >= 4 is 5.91 Å². The molecule has 2 aliphatic rings. The number of carbonyl (C=O) groups is 1. The molecule has 1 aromatic heterocycles. The fraction of sp³-hybridized carbons (Fsp3) is 0.304. The van der Waals surface area contributed by atoms with Crippen LogP contribution in [0, 0.1) is 5.82 Å². The number of aromatic nitrogens is 2. The van der Waals surface area contributed by atoms with Crippen LogP contribution in [-0.2, 0) is 19.3 Å². The van der Waals surface area contributed by atoms with Gasteiger partial charge in [-0.15, -0.1) is 0 Å². The standard InChI is InChI=1S/C23H23FN4O/c24-16-8-10-17(11-9-16)28-21-7-3-6-19(21)22(27-28)23(29)26-14-20-18-5-2-1-4-15(18)12-13-25-20/h1-2,4-5,8-11,20,25H,3,6-7,12-14H2,(H,26,29). The Labute approximate surface area is 168 Å². The van der Waals surface area contributed by atoms with Crippen LogP contribution in [0.1, 0.15) is 45.3 Å². The molecule has 0 saturated heterocycles. The van der Waals surface area contributed by atoms with Crippen LogP contribution >= 0.6 is 0 Å². The predicted molar refractivity (Wildman–Crippen MR) is 109 cm³/mol. The van der Waals surface area contributed by atoms with Gasteiger partial charge in [0.25, 0.3) is 5.91 Å². The summed E-state index contributed by atoms with van der Waals surface area (Å²) in [6.45, 7) is 1.43. The monoisotopic (exact) mass is 390 g/mol. The first-order valence-electron chi connectivity index (χ1n) is 10.2. The molecule has 1 unspecified atom stereocenters. The highest BCUT2D eigenvalue weighted by Gasteiger charge is 2.28. The molecule has 1 aliphatic heterocycles. The largest absolute Gasteiger partial charge is 0.349 e. The van der Waals surface area contributed by atoms with Crippen molar-refractivity contribution in [3.63, 3.8) is 0 Å². The molecular weight excluding hydrogens is 367 g/mol. The highest BCUT2D eigenvalue weighted by molar-refractivity contribution is 5.94. The van der Waals surface area contributed by atoms with Crippen molar-refractivity contribution in [2.45, 2.75) is 31.7 Å². The molecular formula is C23H23FN4O. The van der Waals surface area contributed by atoms with E-state index in [1.165, 1.54) is 23.3 Å². The Kier molecular flexibility index (Phi) is 4.64. The minimum absolute atomic E-state index is 0.108. The van der Waals surface area contributed by atoms with E-state index in [1.807, 2.05) is 6.07 Å². The van der Waals surface area contributed by atoms with E-state index in [0.29, 0.717) is 12.2 Å². The summed E-state index contributed by atoms with van der Waals surface area (Å²) in [7, 11) is 0. The fourth-order valence-corrected chi connectivity index (χ4v) is 4.47. The highest BCUT2D eigenvalue weighted by Crippen LogP contribution is 2.28. The molecule has 29 heavy (non-hydrogen) atoms. The van der Waals surface area contributed by atoms with Crippen LogP contribution in [0.2, 0.25) is 0 Å². The minimum Gasteiger partial charge on any atom is -0.349 e. The zero-order valence-corrected chi connectivity index (χ0v) is 16.1. The van der Waals surface area contributed by atoms with E-state index < -0.39 is 0 Å². The van der Waals surface area contributed by atoms with Crippen LogP contribution in [0.5, 0.6) is 0 Å². The topological polar surface area (TPSA) is 59.0 Å². The molecule has 6 heteroatoms. The summed E-state index contributed by atoms with van der Waals surface area (Å²) in [5.41, 5.74) is 5.94. The van der Waals surface area contributed by atoms with Gasteiger partial charge >= 0.3 is 0 Å². The average Bonchev–Trinajstić information content (AvgIpc) is 3.35. The van der Waals surface area contributed by atoms with E-state index in [9.17, 15) is 9.18 Å². The van der Waals surface area contributed by atoms with Crippen molar-refractivity contribution < 1.29 is 9.18 Å². The summed E-state index contributed by atoms with van der Waals surface area (Å²) in [6.07, 6.45) is 3.75. The first-order chi connectivity index (χ1) is 14.2. The summed E-state index contributed by atoms with van der Waals surface area (Å²) < 4.78 is 15.1. The van der Waals surface area contributed by atoms with Crippen LogP contribution < -0.4 is 10.6 Å². The average molecular weight is 390 g/mol. The van der Waals surface area contributed by atoms with Crippen molar-refractivity contribution in [3.05, 3.63) is 82.4 Å². The maximum Gasteiger partial charge on any atom is 0.272 e. The highest BCUT2D eigenvalue weighted by atomic mass is 19.1. The number of halogens is 1. The van der Waals surface area contributed by atoms with Gasteiger partial charge in [0.2, 0.25) is 0 Å². The second kappa shape index (κ2) is 7.44. The number of fused-ring (bicyclic) bond motifs is 2. The van der Waals surface area contributed by atoms with E-state index in [-0.39, 0.29) is 17.8 Å². The minimum atomic E-state index is -0.282. The van der Waals surface area contributed by atoms with E-state index in [4.69, 9.17) is 0 Å². The van der Waals surface area contributed by atoms with Crippen molar-refractivity contribution in [2.75, 3.05) is 13.1 Å². The van der Waals surface area contributed by atoms with Gasteiger partial charge in [0.05, 0.1) is 5.69 Å². The Balaban J connectivity index is 1.37. The molecule has 2 heterocycles. The SMILES string of the molecule is O=C(NCC1NCCc2ccccc21)c1nn(-c2ccc(F)cc2)c2c1CCC2. The van der Waals surface area contributed by atoms with Crippen molar-refractivity contribution in [1.82, 2.24) is 20.4 Å². The zero-order chi connectivity index (χ0) is 19.8. The molecule has 1 atom stereocenters. The van der Waals surface area contributed by atoms with Gasteiger partial charge in [-0.05, 0) is 67.6 Å². The van der Waals surface area contributed by atoms with Crippen LogP contribution in [-0.4, -0.2) is 28.8 Å². The van der Waals surface area contributed by atoms with Crippen molar-refractivity contribution in [1.29, 1.82) is 0 Å². The van der Waals surface area contributed by atoms with Gasteiger partial charge in [-0.2, -0.15) is 5.10 Å². The van der Waals surface area contributed by atoms with E-state index in [0.717, 1.165) is 49.2 Å². The molecule has 5 nitrogen and oxygen atoms in total. The summed E-state index contributed by atoms with van der Waals surface area (Å²) >= 11 is 0. The molecule has 148 valence electrons. The van der Waals surface area contributed by atoms with Gasteiger partial charge in [0.1, 0.15) is 5.82 Å². The smallest absolute Gasteiger partial charge is 0.272 e. The number of carbonyl (C=O) groups excluding carboxylic acids is 1. The van der Waals surface area contributed by atoms with Crippen LogP contribution in [0.25, 0.3) is 5.69 Å². The second-order valence-electron chi connectivity index (χ2n) is 7.68. The van der Waals surface area contributed by atoms with Gasteiger partial charge in [-0.1, -0.05) is 24.3 Å². The molecule has 1 amide bonds. The molecule has 0 radical (unpaired) electrons. The number of benzene rings is 2. The Hall–Kier alpha value is -2.99. The van der Waals surface area contributed by atoms with Crippen LogP contribution in [0.15, 0.2) is 48.5 Å². The summed E-state index contributed by atoms with van der Waals surface area (Å²) in [4.78, 5) is 13.0. The van der Waals surface area contributed by atoms with Crippen molar-refractivity contribution in [3.8, 4) is 5.69 Å². The number of hydrogen-bond donors (Lipinski definition) is 2. The van der Waals surface area contributed by atoms with Gasteiger partial charge in [-0.3, -0.25) is 4.79 Å². The van der Waals surface area contributed by atoms with E-state index >= 15 is 0 Å². The molecule has 3 aromatic rings. The number of nitrogens with one attached hydrogen (secondary N) is 2. The Morgan fingerprint density at radius 2 is 1.97 bits per heavy atom. The molecule has 0 bridgehead atoms. The maximum atomic E-state index is 13.3. The van der Waals surface area contributed by atoms with Crippen LogP contribution in [0.4, 0.5) is 4.39 Å². The maximum absolute atomic E-state index is 13.3. The molecule has 0 saturated carbocycles.